The fourth-order valence-corrected chi connectivity index (χ4v) is 1.39. The third kappa shape index (κ3) is 1.69. The van der Waals surface area contributed by atoms with Crippen molar-refractivity contribution in [3.05, 3.63) is 30.5 Å². The first-order valence-electron chi connectivity index (χ1n) is 4.97. The van der Waals surface area contributed by atoms with Crippen LogP contribution in [0.5, 0.6) is 6.01 Å². The molecule has 0 aliphatic carbocycles. The molecule has 8 nitrogen and oxygen atoms in total. The summed E-state index contributed by atoms with van der Waals surface area (Å²) in [7, 11) is 1.80. The van der Waals surface area contributed by atoms with E-state index in [-0.39, 0.29) is 6.61 Å². The van der Waals surface area contributed by atoms with Gasteiger partial charge in [-0.15, -0.1) is 5.10 Å². The van der Waals surface area contributed by atoms with Crippen molar-refractivity contribution in [3.63, 3.8) is 0 Å². The van der Waals surface area contributed by atoms with Crippen LogP contribution in [0.2, 0.25) is 0 Å². The van der Waals surface area contributed by atoms with Crippen molar-refractivity contribution in [3.8, 4) is 6.01 Å². The predicted molar refractivity (Wildman–Crippen MR) is 56.1 cm³/mol. The van der Waals surface area contributed by atoms with Crippen molar-refractivity contribution in [2.24, 2.45) is 7.05 Å². The van der Waals surface area contributed by atoms with Crippen molar-refractivity contribution in [1.29, 1.82) is 0 Å². The molecule has 0 saturated carbocycles. The molecule has 0 aliphatic rings. The van der Waals surface area contributed by atoms with Gasteiger partial charge in [0, 0.05) is 13.2 Å². The minimum Gasteiger partial charge on any atom is -0.454 e. The average Bonchev–Trinajstić information content (AvgIpc) is 2.93. The number of hydrogen-bond acceptors (Lipinski definition) is 6. The summed E-state index contributed by atoms with van der Waals surface area (Å²) in [4.78, 5) is 4.04. The first kappa shape index (κ1) is 9.70. The van der Waals surface area contributed by atoms with Crippen LogP contribution in [-0.4, -0.2) is 34.6 Å². The fourth-order valence-electron chi connectivity index (χ4n) is 1.39. The first-order valence-corrected chi connectivity index (χ1v) is 4.97. The lowest BCUT2D eigenvalue weighted by Gasteiger charge is -2.01. The maximum Gasteiger partial charge on any atom is 0.339 e. The van der Waals surface area contributed by atoms with Gasteiger partial charge in [-0.1, -0.05) is 5.10 Å². The molecule has 0 radical (unpaired) electrons. The molecule has 0 amide bonds. The molecule has 0 saturated heterocycles. The van der Waals surface area contributed by atoms with Gasteiger partial charge in [0.05, 0.1) is 0 Å². The second-order valence-corrected chi connectivity index (χ2v) is 3.36. The van der Waals surface area contributed by atoms with Gasteiger partial charge in [-0.3, -0.25) is 4.68 Å². The van der Waals surface area contributed by atoms with Crippen molar-refractivity contribution in [2.45, 2.75) is 6.61 Å². The number of nitrogens with zero attached hydrogens (tertiary/aromatic N) is 7. The predicted octanol–water partition coefficient (Wildman–Crippen LogP) is -0.168. The molecule has 0 bridgehead atoms. The van der Waals surface area contributed by atoms with Gasteiger partial charge in [0.25, 0.3) is 0 Å². The normalized spacial score (nSPS) is 10.9. The summed E-state index contributed by atoms with van der Waals surface area (Å²) >= 11 is 0. The maximum atomic E-state index is 5.49. The highest BCUT2D eigenvalue weighted by Crippen LogP contribution is 2.09. The molecular formula is C9H9N7O. The Kier molecular flexibility index (Phi) is 2.18. The van der Waals surface area contributed by atoms with E-state index >= 15 is 0 Å². The molecular weight excluding hydrogens is 222 g/mol. The molecule has 3 heterocycles. The zero-order valence-electron chi connectivity index (χ0n) is 9.06. The van der Waals surface area contributed by atoms with Crippen LogP contribution in [0.25, 0.3) is 5.65 Å². The quantitative estimate of drug-likeness (QED) is 0.622. The van der Waals surface area contributed by atoms with Gasteiger partial charge >= 0.3 is 6.01 Å². The van der Waals surface area contributed by atoms with Gasteiger partial charge in [0.1, 0.15) is 6.33 Å². The molecule has 3 rings (SSSR count). The Labute approximate surface area is 95.9 Å². The van der Waals surface area contributed by atoms with Crippen LogP contribution in [0.4, 0.5) is 0 Å². The van der Waals surface area contributed by atoms with Crippen LogP contribution < -0.4 is 4.74 Å². The lowest BCUT2D eigenvalue weighted by atomic mass is 10.6. The van der Waals surface area contributed by atoms with E-state index in [9.17, 15) is 0 Å². The Hall–Kier alpha value is -2.51. The maximum absolute atomic E-state index is 5.49. The summed E-state index contributed by atoms with van der Waals surface area (Å²) in [5.74, 6) is 0.706. The first-order chi connectivity index (χ1) is 8.34. The number of rotatable bonds is 3. The van der Waals surface area contributed by atoms with Crippen LogP contribution in [0, 0.1) is 0 Å². The minimum atomic E-state index is 0.272. The highest BCUT2D eigenvalue weighted by molar-refractivity contribution is 5.35. The Bertz CT molecular complexity index is 643. The SMILES string of the molecule is Cn1ncnc1COc1nnc2cccnn12. The monoisotopic (exact) mass is 231 g/mol. The largest absolute Gasteiger partial charge is 0.454 e. The highest BCUT2D eigenvalue weighted by atomic mass is 16.5. The van der Waals surface area contributed by atoms with E-state index in [4.69, 9.17) is 4.74 Å². The van der Waals surface area contributed by atoms with Crippen molar-refractivity contribution >= 4 is 5.65 Å². The topological polar surface area (TPSA) is 83.0 Å². The van der Waals surface area contributed by atoms with E-state index in [2.05, 4.69) is 25.4 Å². The Morgan fingerprint density at radius 3 is 3.06 bits per heavy atom. The standard InChI is InChI=1S/C9H9N7O/c1-15-8(10-6-12-15)5-17-9-14-13-7-3-2-4-11-16(7)9/h2-4,6H,5H2,1H3. The molecule has 3 aromatic heterocycles. The summed E-state index contributed by atoms with van der Waals surface area (Å²) in [5, 5.41) is 15.9. The van der Waals surface area contributed by atoms with Gasteiger partial charge in [-0.2, -0.15) is 14.7 Å². The Morgan fingerprint density at radius 1 is 1.29 bits per heavy atom. The van der Waals surface area contributed by atoms with E-state index < -0.39 is 0 Å². The van der Waals surface area contributed by atoms with Gasteiger partial charge in [0.15, 0.2) is 18.1 Å². The highest BCUT2D eigenvalue weighted by Gasteiger charge is 2.08. The van der Waals surface area contributed by atoms with Crippen molar-refractivity contribution in [2.75, 3.05) is 0 Å². The Balaban J connectivity index is 1.84. The number of ether oxygens (including phenoxy) is 1. The van der Waals surface area contributed by atoms with Crippen LogP contribution in [0.3, 0.4) is 0 Å². The molecule has 3 aromatic rings. The van der Waals surface area contributed by atoms with Gasteiger partial charge < -0.3 is 4.74 Å². The lowest BCUT2D eigenvalue weighted by molar-refractivity contribution is 0.260. The smallest absolute Gasteiger partial charge is 0.339 e. The van der Waals surface area contributed by atoms with Crippen molar-refractivity contribution in [1.82, 2.24) is 34.6 Å². The van der Waals surface area contributed by atoms with E-state index in [1.54, 1.807) is 30.1 Å². The van der Waals surface area contributed by atoms with Crippen LogP contribution in [-0.2, 0) is 13.7 Å². The molecule has 0 aromatic carbocycles. The molecule has 0 aliphatic heterocycles. The molecule has 0 spiro atoms. The second kappa shape index (κ2) is 3.81. The van der Waals surface area contributed by atoms with Crippen LogP contribution in [0.1, 0.15) is 5.82 Å². The molecule has 86 valence electrons. The van der Waals surface area contributed by atoms with E-state index in [0.717, 1.165) is 0 Å². The van der Waals surface area contributed by atoms with Gasteiger partial charge in [0.2, 0.25) is 0 Å². The van der Waals surface area contributed by atoms with Crippen LogP contribution >= 0.6 is 0 Å². The number of aryl methyl sites for hydroxylation is 1. The molecule has 17 heavy (non-hydrogen) atoms. The number of fused-ring (bicyclic) bond motifs is 1. The summed E-state index contributed by atoms with van der Waals surface area (Å²) in [5.41, 5.74) is 0.639. The molecule has 0 atom stereocenters. The average molecular weight is 231 g/mol. The summed E-state index contributed by atoms with van der Waals surface area (Å²) < 4.78 is 8.65. The number of aromatic nitrogens is 7. The summed E-state index contributed by atoms with van der Waals surface area (Å²) in [6.45, 7) is 0.272. The van der Waals surface area contributed by atoms with E-state index in [1.165, 1.54) is 10.8 Å². The third-order valence-electron chi connectivity index (χ3n) is 2.29. The summed E-state index contributed by atoms with van der Waals surface area (Å²) in [6, 6.07) is 3.93. The van der Waals surface area contributed by atoms with Crippen molar-refractivity contribution < 1.29 is 4.74 Å². The number of hydrogen-bond donors (Lipinski definition) is 0. The second-order valence-electron chi connectivity index (χ2n) is 3.36. The minimum absolute atomic E-state index is 0.272. The van der Waals surface area contributed by atoms with E-state index in [0.29, 0.717) is 17.5 Å². The van der Waals surface area contributed by atoms with Gasteiger partial charge in [-0.25, -0.2) is 4.98 Å². The molecule has 8 heteroatoms. The molecule has 0 N–H and O–H groups in total. The lowest BCUT2D eigenvalue weighted by Crippen LogP contribution is -2.06. The van der Waals surface area contributed by atoms with Gasteiger partial charge in [-0.05, 0) is 12.1 Å². The molecule has 0 fully saturated rings. The third-order valence-corrected chi connectivity index (χ3v) is 2.29. The molecule has 0 unspecified atom stereocenters. The summed E-state index contributed by atoms with van der Waals surface area (Å²) in [6.07, 6.45) is 3.12. The zero-order valence-corrected chi connectivity index (χ0v) is 9.06. The fraction of sp³-hybridized carbons (Fsp3) is 0.222. The Morgan fingerprint density at radius 2 is 2.24 bits per heavy atom. The van der Waals surface area contributed by atoms with Crippen LogP contribution in [0.15, 0.2) is 24.7 Å². The zero-order chi connectivity index (χ0) is 11.7. The van der Waals surface area contributed by atoms with E-state index in [1.807, 2.05) is 0 Å².